The zero-order valence-corrected chi connectivity index (χ0v) is 17.9. The number of sulfonamides is 1. The highest BCUT2D eigenvalue weighted by Crippen LogP contribution is 2.16. The minimum absolute atomic E-state index is 0.113. The summed E-state index contributed by atoms with van der Waals surface area (Å²) in [6.07, 6.45) is 0. The van der Waals surface area contributed by atoms with Gasteiger partial charge in [0.15, 0.2) is 0 Å². The first-order valence-corrected chi connectivity index (χ1v) is 11.0. The van der Waals surface area contributed by atoms with Crippen molar-refractivity contribution in [1.29, 1.82) is 0 Å². The second-order valence-electron chi connectivity index (χ2n) is 6.95. The van der Waals surface area contributed by atoms with Crippen molar-refractivity contribution in [3.05, 3.63) is 29.8 Å². The lowest BCUT2D eigenvalue weighted by Crippen LogP contribution is -2.51. The van der Waals surface area contributed by atoms with E-state index in [-0.39, 0.29) is 16.7 Å². The molecule has 1 heterocycles. The molecular weight excluding hydrogens is 380 g/mol. The number of amides is 2. The van der Waals surface area contributed by atoms with Crippen LogP contribution in [0.2, 0.25) is 0 Å². The Morgan fingerprint density at radius 3 is 1.96 bits per heavy atom. The van der Waals surface area contributed by atoms with E-state index in [0.29, 0.717) is 51.4 Å². The Morgan fingerprint density at radius 1 is 0.964 bits per heavy atom. The largest absolute Gasteiger partial charge is 0.342 e. The van der Waals surface area contributed by atoms with E-state index < -0.39 is 10.0 Å². The van der Waals surface area contributed by atoms with Crippen LogP contribution in [0.1, 0.15) is 24.2 Å². The third-order valence-electron chi connectivity index (χ3n) is 5.01. The van der Waals surface area contributed by atoms with Crippen LogP contribution in [-0.2, 0) is 14.8 Å². The smallest absolute Gasteiger partial charge is 0.253 e. The lowest BCUT2D eigenvalue weighted by molar-refractivity contribution is -0.132. The Balaban J connectivity index is 1.94. The first-order valence-electron chi connectivity index (χ1n) is 9.52. The summed E-state index contributed by atoms with van der Waals surface area (Å²) in [5, 5.41) is 0. The molecule has 0 radical (unpaired) electrons. The molecule has 0 aliphatic carbocycles. The van der Waals surface area contributed by atoms with Crippen LogP contribution in [0.4, 0.5) is 0 Å². The molecule has 9 heteroatoms. The van der Waals surface area contributed by atoms with Crippen LogP contribution in [0.15, 0.2) is 29.2 Å². The van der Waals surface area contributed by atoms with Crippen molar-refractivity contribution in [2.75, 3.05) is 59.9 Å². The molecule has 2 rings (SSSR count). The van der Waals surface area contributed by atoms with E-state index in [4.69, 9.17) is 0 Å². The molecule has 1 saturated heterocycles. The Bertz CT molecular complexity index is 781. The van der Waals surface area contributed by atoms with Crippen molar-refractivity contribution in [1.82, 2.24) is 19.0 Å². The predicted molar refractivity (Wildman–Crippen MR) is 108 cm³/mol. The zero-order chi connectivity index (χ0) is 20.9. The molecule has 1 aliphatic heterocycles. The van der Waals surface area contributed by atoms with Gasteiger partial charge in [-0.15, -0.1) is 0 Å². The van der Waals surface area contributed by atoms with Gasteiger partial charge in [0.1, 0.15) is 0 Å². The summed E-state index contributed by atoms with van der Waals surface area (Å²) in [7, 11) is -0.567. The van der Waals surface area contributed by atoms with Crippen molar-refractivity contribution in [2.45, 2.75) is 18.7 Å². The molecule has 1 aliphatic rings. The highest BCUT2D eigenvalue weighted by atomic mass is 32.2. The van der Waals surface area contributed by atoms with Gasteiger partial charge < -0.3 is 9.80 Å². The monoisotopic (exact) mass is 410 g/mol. The number of benzene rings is 1. The molecule has 0 atom stereocenters. The summed E-state index contributed by atoms with van der Waals surface area (Å²) in [6.45, 7) is 8.09. The Kier molecular flexibility index (Phi) is 7.56. The predicted octanol–water partition coefficient (Wildman–Crippen LogP) is 0.563. The van der Waals surface area contributed by atoms with Gasteiger partial charge in [0, 0.05) is 58.9 Å². The highest BCUT2D eigenvalue weighted by Gasteiger charge is 2.25. The summed E-state index contributed by atoms with van der Waals surface area (Å²) in [6, 6.07) is 6.02. The van der Waals surface area contributed by atoms with E-state index in [2.05, 4.69) is 4.90 Å². The number of carbonyl (C=O) groups is 2. The maximum Gasteiger partial charge on any atom is 0.253 e. The lowest BCUT2D eigenvalue weighted by Gasteiger charge is -2.35. The topological polar surface area (TPSA) is 81.2 Å². The van der Waals surface area contributed by atoms with Gasteiger partial charge in [-0.05, 0) is 38.1 Å². The summed E-state index contributed by atoms with van der Waals surface area (Å²) < 4.78 is 25.4. The molecule has 0 unspecified atom stereocenters. The fraction of sp³-hybridized carbons (Fsp3) is 0.579. The second kappa shape index (κ2) is 9.49. The molecule has 0 bridgehead atoms. The van der Waals surface area contributed by atoms with Crippen LogP contribution < -0.4 is 0 Å². The van der Waals surface area contributed by atoms with Crippen molar-refractivity contribution in [3.63, 3.8) is 0 Å². The van der Waals surface area contributed by atoms with E-state index in [1.54, 1.807) is 21.9 Å². The van der Waals surface area contributed by atoms with Crippen LogP contribution in [-0.4, -0.2) is 99.1 Å². The average Bonchev–Trinajstić information content (AvgIpc) is 2.69. The van der Waals surface area contributed by atoms with E-state index >= 15 is 0 Å². The van der Waals surface area contributed by atoms with Crippen LogP contribution in [0.25, 0.3) is 0 Å². The summed E-state index contributed by atoms with van der Waals surface area (Å²) in [5.41, 5.74) is 0.463. The molecule has 8 nitrogen and oxygen atoms in total. The maximum absolute atomic E-state index is 12.7. The Hall–Kier alpha value is -1.97. The van der Waals surface area contributed by atoms with Crippen LogP contribution >= 0.6 is 0 Å². The minimum Gasteiger partial charge on any atom is -0.342 e. The maximum atomic E-state index is 12.7. The minimum atomic E-state index is -3.51. The standard InChI is InChI=1S/C19H30N4O4S/c1-5-22(6-2)18(24)15-21-11-13-23(14-12-21)19(25)16-7-9-17(10-8-16)28(26,27)20(3)4/h7-10H,5-6,11-15H2,1-4H3. The molecular formula is C19H30N4O4S. The number of rotatable bonds is 7. The van der Waals surface area contributed by atoms with Crippen molar-refractivity contribution in [2.24, 2.45) is 0 Å². The number of piperazine rings is 1. The van der Waals surface area contributed by atoms with E-state index in [9.17, 15) is 18.0 Å². The molecule has 0 saturated carbocycles. The number of carbonyl (C=O) groups excluding carboxylic acids is 2. The van der Waals surface area contributed by atoms with Crippen LogP contribution in [0.5, 0.6) is 0 Å². The number of hydrogen-bond acceptors (Lipinski definition) is 5. The molecule has 0 aromatic heterocycles. The van der Waals surface area contributed by atoms with Gasteiger partial charge in [-0.2, -0.15) is 0 Å². The first kappa shape index (κ1) is 22.3. The number of hydrogen-bond donors (Lipinski definition) is 0. The SMILES string of the molecule is CCN(CC)C(=O)CN1CCN(C(=O)c2ccc(S(=O)(=O)N(C)C)cc2)CC1. The highest BCUT2D eigenvalue weighted by molar-refractivity contribution is 7.89. The molecule has 28 heavy (non-hydrogen) atoms. The van der Waals surface area contributed by atoms with Crippen LogP contribution in [0, 0.1) is 0 Å². The van der Waals surface area contributed by atoms with E-state index in [1.807, 2.05) is 13.8 Å². The van der Waals surface area contributed by atoms with Gasteiger partial charge in [-0.25, -0.2) is 12.7 Å². The van der Waals surface area contributed by atoms with Gasteiger partial charge in [0.2, 0.25) is 15.9 Å². The Morgan fingerprint density at radius 2 is 1.50 bits per heavy atom. The van der Waals surface area contributed by atoms with E-state index in [0.717, 1.165) is 4.31 Å². The van der Waals surface area contributed by atoms with Gasteiger partial charge in [0.05, 0.1) is 11.4 Å². The normalized spacial score (nSPS) is 15.7. The fourth-order valence-corrected chi connectivity index (χ4v) is 4.04. The molecule has 156 valence electrons. The van der Waals surface area contributed by atoms with Gasteiger partial charge >= 0.3 is 0 Å². The molecule has 1 fully saturated rings. The second-order valence-corrected chi connectivity index (χ2v) is 9.10. The quantitative estimate of drug-likeness (QED) is 0.656. The van der Waals surface area contributed by atoms with Crippen molar-refractivity contribution >= 4 is 21.8 Å². The molecule has 2 amide bonds. The fourth-order valence-electron chi connectivity index (χ4n) is 3.14. The summed E-state index contributed by atoms with van der Waals surface area (Å²) in [4.78, 5) is 30.7. The number of nitrogens with zero attached hydrogens (tertiary/aromatic N) is 4. The van der Waals surface area contributed by atoms with Crippen molar-refractivity contribution < 1.29 is 18.0 Å². The third-order valence-corrected chi connectivity index (χ3v) is 6.84. The van der Waals surface area contributed by atoms with Gasteiger partial charge in [0.25, 0.3) is 5.91 Å². The first-order chi connectivity index (χ1) is 13.2. The Labute approximate surface area is 167 Å². The summed E-state index contributed by atoms with van der Waals surface area (Å²) in [5.74, 6) is -0.00835. The molecule has 0 N–H and O–H groups in total. The lowest BCUT2D eigenvalue weighted by atomic mass is 10.2. The third kappa shape index (κ3) is 5.09. The molecule has 1 aromatic rings. The van der Waals surface area contributed by atoms with Crippen molar-refractivity contribution in [3.8, 4) is 0 Å². The summed E-state index contributed by atoms with van der Waals surface area (Å²) >= 11 is 0. The molecule has 1 aromatic carbocycles. The van der Waals surface area contributed by atoms with E-state index in [1.165, 1.54) is 26.2 Å². The van der Waals surface area contributed by atoms with Crippen LogP contribution in [0.3, 0.4) is 0 Å². The number of likely N-dealkylation sites (N-methyl/N-ethyl adjacent to an activating group) is 1. The average molecular weight is 411 g/mol. The molecule has 0 spiro atoms. The van der Waals surface area contributed by atoms with Gasteiger partial charge in [-0.3, -0.25) is 14.5 Å². The van der Waals surface area contributed by atoms with Gasteiger partial charge in [-0.1, -0.05) is 0 Å². The zero-order valence-electron chi connectivity index (χ0n) is 17.1.